The van der Waals surface area contributed by atoms with Crippen molar-refractivity contribution in [1.82, 2.24) is 29.5 Å². The van der Waals surface area contributed by atoms with E-state index in [1.807, 2.05) is 29.8 Å². The molecule has 0 aliphatic rings. The first kappa shape index (κ1) is 13.6. The molecular weight excluding hydrogens is 294 g/mol. The van der Waals surface area contributed by atoms with Crippen molar-refractivity contribution < 1.29 is 4.52 Å². The fraction of sp³-hybridized carbons (Fsp3) is 0.267. The summed E-state index contributed by atoms with van der Waals surface area (Å²) in [7, 11) is 0. The van der Waals surface area contributed by atoms with Crippen LogP contribution in [0.25, 0.3) is 16.9 Å². The molecule has 0 aliphatic heterocycles. The van der Waals surface area contributed by atoms with Crippen molar-refractivity contribution >= 4 is 22.7 Å². The van der Waals surface area contributed by atoms with Crippen molar-refractivity contribution in [3.63, 3.8) is 0 Å². The molecule has 23 heavy (non-hydrogen) atoms. The molecule has 4 rings (SSSR count). The second kappa shape index (κ2) is 5.31. The van der Waals surface area contributed by atoms with Gasteiger partial charge in [0.25, 0.3) is 5.71 Å². The minimum Gasteiger partial charge on any atom is -0.361 e. The van der Waals surface area contributed by atoms with Crippen molar-refractivity contribution in [2.75, 3.05) is 5.32 Å². The lowest BCUT2D eigenvalue weighted by Gasteiger charge is -2.15. The van der Waals surface area contributed by atoms with E-state index in [-0.39, 0.29) is 6.04 Å². The van der Waals surface area contributed by atoms with E-state index in [4.69, 9.17) is 4.52 Å². The molecule has 0 fully saturated rings. The van der Waals surface area contributed by atoms with Crippen LogP contribution < -0.4 is 5.32 Å². The largest absolute Gasteiger partial charge is 0.361 e. The molecule has 0 spiro atoms. The van der Waals surface area contributed by atoms with Gasteiger partial charge in [-0.1, -0.05) is 12.1 Å². The average molecular weight is 309 g/mol. The van der Waals surface area contributed by atoms with Crippen LogP contribution in [0.15, 0.2) is 35.5 Å². The normalized spacial score (nSPS) is 12.8. The van der Waals surface area contributed by atoms with Gasteiger partial charge >= 0.3 is 0 Å². The minimum absolute atomic E-state index is 0.00380. The van der Waals surface area contributed by atoms with Crippen molar-refractivity contribution in [1.29, 1.82) is 0 Å². The molecule has 1 atom stereocenters. The van der Waals surface area contributed by atoms with E-state index in [0.717, 1.165) is 23.2 Å². The second-order valence-electron chi connectivity index (χ2n) is 5.27. The molecule has 0 bridgehead atoms. The highest BCUT2D eigenvalue weighted by atomic mass is 16.5. The number of imidazole rings is 1. The molecule has 0 amide bonds. The van der Waals surface area contributed by atoms with Crippen LogP contribution in [0.1, 0.15) is 30.8 Å². The molecule has 0 aromatic carbocycles. The molecule has 1 N–H and O–H groups in total. The Bertz CT molecular complexity index is 941. The number of rotatable bonds is 4. The summed E-state index contributed by atoms with van der Waals surface area (Å²) < 4.78 is 7.09. The molecule has 0 radical (unpaired) electrons. The van der Waals surface area contributed by atoms with Crippen LogP contribution >= 0.6 is 0 Å². The van der Waals surface area contributed by atoms with Gasteiger partial charge in [0.2, 0.25) is 5.78 Å². The first-order valence-corrected chi connectivity index (χ1v) is 7.39. The Morgan fingerprint density at radius 2 is 2.22 bits per heavy atom. The van der Waals surface area contributed by atoms with E-state index in [0.29, 0.717) is 17.3 Å². The highest BCUT2D eigenvalue weighted by Crippen LogP contribution is 2.27. The summed E-state index contributed by atoms with van der Waals surface area (Å²) in [6, 6.07) is 1.88. The van der Waals surface area contributed by atoms with E-state index in [1.54, 1.807) is 6.20 Å². The molecule has 0 unspecified atom stereocenters. The van der Waals surface area contributed by atoms with Gasteiger partial charge in [-0.15, -0.1) is 0 Å². The summed E-state index contributed by atoms with van der Waals surface area (Å²) in [4.78, 5) is 17.3. The van der Waals surface area contributed by atoms with Gasteiger partial charge in [-0.25, -0.2) is 15.0 Å². The number of nitrogens with one attached hydrogen (secondary N) is 1. The van der Waals surface area contributed by atoms with Gasteiger partial charge in [-0.3, -0.25) is 4.40 Å². The zero-order chi connectivity index (χ0) is 15.8. The van der Waals surface area contributed by atoms with Crippen LogP contribution in [-0.2, 0) is 0 Å². The summed E-state index contributed by atoms with van der Waals surface area (Å²) in [5, 5.41) is 8.17. The zero-order valence-corrected chi connectivity index (χ0v) is 12.8. The third-order valence-electron chi connectivity index (χ3n) is 3.77. The molecule has 4 heterocycles. The Morgan fingerprint density at radius 1 is 1.30 bits per heavy atom. The minimum atomic E-state index is 0.00380. The number of nitrogens with zero attached hydrogens (tertiary/aromatic N) is 6. The van der Waals surface area contributed by atoms with Crippen molar-refractivity contribution in [3.05, 3.63) is 42.4 Å². The summed E-state index contributed by atoms with van der Waals surface area (Å²) in [6.45, 7) is 3.96. The Hall–Kier alpha value is -3.03. The predicted octanol–water partition coefficient (Wildman–Crippen LogP) is 2.53. The molecule has 0 saturated heterocycles. The van der Waals surface area contributed by atoms with Crippen LogP contribution in [0, 0.1) is 6.92 Å². The van der Waals surface area contributed by atoms with Gasteiger partial charge in [0.1, 0.15) is 17.5 Å². The monoisotopic (exact) mass is 309 g/mol. The summed E-state index contributed by atoms with van der Waals surface area (Å²) in [5.41, 5.74) is 2.15. The highest BCUT2D eigenvalue weighted by Gasteiger charge is 2.18. The molecule has 8 nitrogen and oxygen atoms in total. The molecule has 0 saturated carbocycles. The van der Waals surface area contributed by atoms with E-state index in [9.17, 15) is 0 Å². The van der Waals surface area contributed by atoms with Crippen LogP contribution in [0.5, 0.6) is 0 Å². The van der Waals surface area contributed by atoms with Crippen LogP contribution in [-0.4, -0.2) is 29.5 Å². The smallest absolute Gasteiger partial charge is 0.263 e. The molecule has 4 aromatic heterocycles. The van der Waals surface area contributed by atoms with E-state index in [2.05, 4.69) is 37.3 Å². The lowest BCUT2D eigenvalue weighted by atomic mass is 10.1. The summed E-state index contributed by atoms with van der Waals surface area (Å²) >= 11 is 0. The van der Waals surface area contributed by atoms with Gasteiger partial charge in [0.15, 0.2) is 0 Å². The fourth-order valence-corrected chi connectivity index (χ4v) is 2.60. The third kappa shape index (κ3) is 2.28. The lowest BCUT2D eigenvalue weighted by molar-refractivity contribution is 0.442. The maximum Gasteiger partial charge on any atom is 0.263 e. The number of fused-ring (bicyclic) bond motifs is 2. The quantitative estimate of drug-likeness (QED) is 0.619. The first-order chi connectivity index (χ1) is 11.3. The Balaban J connectivity index is 1.73. The van der Waals surface area contributed by atoms with Crippen molar-refractivity contribution in [2.24, 2.45) is 0 Å². The second-order valence-corrected chi connectivity index (χ2v) is 5.27. The first-order valence-electron chi connectivity index (χ1n) is 7.39. The van der Waals surface area contributed by atoms with Crippen molar-refractivity contribution in [2.45, 2.75) is 26.3 Å². The Morgan fingerprint density at radius 3 is 3.04 bits per heavy atom. The average Bonchev–Trinajstić information content (AvgIpc) is 3.17. The molecule has 8 heteroatoms. The molecule has 0 aliphatic carbocycles. The summed E-state index contributed by atoms with van der Waals surface area (Å²) in [6.07, 6.45) is 7.95. The lowest BCUT2D eigenvalue weighted by Crippen LogP contribution is -2.11. The van der Waals surface area contributed by atoms with Gasteiger partial charge in [0, 0.05) is 18.6 Å². The van der Waals surface area contributed by atoms with Crippen molar-refractivity contribution in [3.8, 4) is 0 Å². The van der Waals surface area contributed by atoms with E-state index >= 15 is 0 Å². The maximum atomic E-state index is 5.19. The van der Waals surface area contributed by atoms with Gasteiger partial charge in [-0.2, -0.15) is 4.98 Å². The topological polar surface area (TPSA) is 94.0 Å². The third-order valence-corrected chi connectivity index (χ3v) is 3.77. The standard InChI is InChI=1S/C15H15N7O/c1-3-10(11-7-22-6-4-5-16-15(22)20-11)19-13-12-9(2)21-23-14(12)18-8-17-13/h4-8,10H,3H2,1-2H3,(H,17,18,19)/t10-/m0/s1. The van der Waals surface area contributed by atoms with E-state index in [1.165, 1.54) is 6.33 Å². The van der Waals surface area contributed by atoms with Gasteiger partial charge in [0.05, 0.1) is 17.4 Å². The van der Waals surface area contributed by atoms with Crippen LogP contribution in [0.3, 0.4) is 0 Å². The number of hydrogen-bond acceptors (Lipinski definition) is 7. The number of aryl methyl sites for hydroxylation is 1. The molecule has 4 aromatic rings. The van der Waals surface area contributed by atoms with Gasteiger partial charge < -0.3 is 9.84 Å². The zero-order valence-electron chi connectivity index (χ0n) is 12.8. The number of hydrogen-bond donors (Lipinski definition) is 1. The van der Waals surface area contributed by atoms with E-state index < -0.39 is 0 Å². The SMILES string of the molecule is CC[C@H](Nc1ncnc2onc(C)c12)c1cn2cccnc2n1. The summed E-state index contributed by atoms with van der Waals surface area (Å²) in [5.74, 6) is 1.38. The Labute approximate surface area is 131 Å². The Kier molecular flexibility index (Phi) is 3.14. The van der Waals surface area contributed by atoms with Crippen LogP contribution in [0.2, 0.25) is 0 Å². The maximum absolute atomic E-state index is 5.19. The number of aromatic nitrogens is 6. The van der Waals surface area contributed by atoms with Crippen LogP contribution in [0.4, 0.5) is 5.82 Å². The molecule has 116 valence electrons. The predicted molar refractivity (Wildman–Crippen MR) is 84.0 cm³/mol. The fourth-order valence-electron chi connectivity index (χ4n) is 2.60. The number of anilines is 1. The van der Waals surface area contributed by atoms with Gasteiger partial charge in [-0.05, 0) is 19.4 Å². The highest BCUT2D eigenvalue weighted by molar-refractivity contribution is 5.87. The molecular formula is C15H15N7O.